The Hall–Kier alpha value is -0.610. The van der Waals surface area contributed by atoms with Crippen molar-refractivity contribution in [3.8, 4) is 0 Å². The van der Waals surface area contributed by atoms with Gasteiger partial charge in [-0.1, -0.05) is 6.92 Å². The summed E-state index contributed by atoms with van der Waals surface area (Å²) in [4.78, 5) is 13.0. The van der Waals surface area contributed by atoms with E-state index >= 15 is 0 Å². The third kappa shape index (κ3) is 1.95. The van der Waals surface area contributed by atoms with Crippen molar-refractivity contribution in [3.05, 3.63) is 0 Å². The van der Waals surface area contributed by atoms with Crippen molar-refractivity contribution in [3.63, 3.8) is 0 Å². The number of aliphatic hydroxyl groups excluding tert-OH is 1. The van der Waals surface area contributed by atoms with Gasteiger partial charge in [-0.05, 0) is 0 Å². The molecule has 70 valence electrons. The fourth-order valence-corrected chi connectivity index (χ4v) is 1.22. The van der Waals surface area contributed by atoms with E-state index in [0.717, 1.165) is 0 Å². The zero-order valence-electron chi connectivity index (χ0n) is 7.32. The summed E-state index contributed by atoms with van der Waals surface area (Å²) in [7, 11) is 0. The summed E-state index contributed by atoms with van der Waals surface area (Å²) in [6, 6.07) is 0.199. The summed E-state index contributed by atoms with van der Waals surface area (Å²) in [6.07, 6.45) is 0.497. The maximum atomic E-state index is 11.3. The third-order valence-electron chi connectivity index (χ3n) is 2.02. The van der Waals surface area contributed by atoms with Gasteiger partial charge in [-0.3, -0.25) is 4.79 Å². The molecule has 0 aromatic heterocycles. The molecule has 0 saturated carbocycles. The van der Waals surface area contributed by atoms with Crippen LogP contribution in [0.25, 0.3) is 0 Å². The van der Waals surface area contributed by atoms with Gasteiger partial charge in [-0.25, -0.2) is 0 Å². The first-order valence-electron chi connectivity index (χ1n) is 4.27. The van der Waals surface area contributed by atoms with Gasteiger partial charge in [0, 0.05) is 13.0 Å². The SMILES string of the molecule is CCC(=O)N(CCO)C1COC1. The molecular formula is C8H15NO3. The standard InChI is InChI=1S/C8H15NO3/c1-2-8(11)9(3-4-10)7-5-12-6-7/h7,10H,2-6H2,1H3. The van der Waals surface area contributed by atoms with Crippen molar-refractivity contribution in [2.45, 2.75) is 19.4 Å². The average molecular weight is 173 g/mol. The normalized spacial score (nSPS) is 17.2. The van der Waals surface area contributed by atoms with E-state index in [9.17, 15) is 4.79 Å². The van der Waals surface area contributed by atoms with Crippen LogP contribution in [0.3, 0.4) is 0 Å². The number of carbonyl (C=O) groups is 1. The molecule has 1 rings (SSSR count). The second-order valence-electron chi connectivity index (χ2n) is 2.86. The van der Waals surface area contributed by atoms with E-state index in [1.54, 1.807) is 4.90 Å². The summed E-state index contributed by atoms with van der Waals surface area (Å²) in [6.45, 7) is 3.52. The minimum atomic E-state index is 0.0300. The van der Waals surface area contributed by atoms with Crippen LogP contribution in [0.4, 0.5) is 0 Å². The lowest BCUT2D eigenvalue weighted by atomic mass is 10.2. The highest BCUT2D eigenvalue weighted by Gasteiger charge is 2.28. The van der Waals surface area contributed by atoms with Crippen LogP contribution in [0.1, 0.15) is 13.3 Å². The second kappa shape index (κ2) is 4.42. The fourth-order valence-electron chi connectivity index (χ4n) is 1.22. The Morgan fingerprint density at radius 2 is 2.33 bits per heavy atom. The first-order chi connectivity index (χ1) is 5.79. The summed E-state index contributed by atoms with van der Waals surface area (Å²) in [5.41, 5.74) is 0. The molecule has 4 heteroatoms. The maximum Gasteiger partial charge on any atom is 0.222 e. The summed E-state index contributed by atoms with van der Waals surface area (Å²) >= 11 is 0. The van der Waals surface area contributed by atoms with Crippen molar-refractivity contribution < 1.29 is 14.6 Å². The van der Waals surface area contributed by atoms with Gasteiger partial charge in [0.15, 0.2) is 0 Å². The average Bonchev–Trinajstić information content (AvgIpc) is 1.99. The smallest absolute Gasteiger partial charge is 0.222 e. The molecule has 0 bridgehead atoms. The molecule has 0 aliphatic carbocycles. The molecule has 1 N–H and O–H groups in total. The van der Waals surface area contributed by atoms with Crippen molar-refractivity contribution in [2.75, 3.05) is 26.4 Å². The van der Waals surface area contributed by atoms with Crippen LogP contribution < -0.4 is 0 Å². The molecule has 4 nitrogen and oxygen atoms in total. The monoisotopic (exact) mass is 173 g/mol. The molecule has 0 aromatic carbocycles. The summed E-state index contributed by atoms with van der Waals surface area (Å²) in [5.74, 6) is 0.0948. The number of amides is 1. The predicted molar refractivity (Wildman–Crippen MR) is 43.7 cm³/mol. The molecule has 1 fully saturated rings. The zero-order valence-corrected chi connectivity index (χ0v) is 7.32. The molecule has 1 aliphatic rings. The highest BCUT2D eigenvalue weighted by molar-refractivity contribution is 5.76. The van der Waals surface area contributed by atoms with Crippen molar-refractivity contribution in [2.24, 2.45) is 0 Å². The molecule has 1 heterocycles. The number of aliphatic hydroxyl groups is 1. The van der Waals surface area contributed by atoms with Gasteiger partial charge in [0.1, 0.15) is 0 Å². The minimum absolute atomic E-state index is 0.0300. The number of ether oxygens (including phenoxy) is 1. The quantitative estimate of drug-likeness (QED) is 0.630. The number of nitrogens with zero attached hydrogens (tertiary/aromatic N) is 1. The van der Waals surface area contributed by atoms with E-state index in [4.69, 9.17) is 9.84 Å². The zero-order chi connectivity index (χ0) is 8.97. The maximum absolute atomic E-state index is 11.3. The van der Waals surface area contributed by atoms with Gasteiger partial charge in [-0.15, -0.1) is 0 Å². The van der Waals surface area contributed by atoms with E-state index in [0.29, 0.717) is 26.2 Å². The molecule has 0 aromatic rings. The van der Waals surface area contributed by atoms with Gasteiger partial charge >= 0.3 is 0 Å². The van der Waals surface area contributed by atoms with Crippen molar-refractivity contribution in [1.82, 2.24) is 4.90 Å². The topological polar surface area (TPSA) is 49.8 Å². The highest BCUT2D eigenvalue weighted by atomic mass is 16.5. The fraction of sp³-hybridized carbons (Fsp3) is 0.875. The van der Waals surface area contributed by atoms with E-state index in [1.165, 1.54) is 0 Å². The minimum Gasteiger partial charge on any atom is -0.395 e. The Bertz CT molecular complexity index is 156. The van der Waals surface area contributed by atoms with Crippen LogP contribution in [-0.4, -0.2) is 48.3 Å². The highest BCUT2D eigenvalue weighted by Crippen LogP contribution is 2.11. The Balaban J connectivity index is 2.41. The van der Waals surface area contributed by atoms with E-state index in [-0.39, 0.29) is 18.6 Å². The van der Waals surface area contributed by atoms with Gasteiger partial charge in [0.05, 0.1) is 25.9 Å². The number of rotatable bonds is 4. The molecular weight excluding hydrogens is 158 g/mol. The molecule has 1 aliphatic heterocycles. The first kappa shape index (κ1) is 9.48. The predicted octanol–water partition coefficient (Wildman–Crippen LogP) is -0.384. The molecule has 0 radical (unpaired) electrons. The van der Waals surface area contributed by atoms with Gasteiger partial charge in [0.2, 0.25) is 5.91 Å². The molecule has 12 heavy (non-hydrogen) atoms. The largest absolute Gasteiger partial charge is 0.395 e. The van der Waals surface area contributed by atoms with E-state index in [1.807, 2.05) is 6.92 Å². The lowest BCUT2D eigenvalue weighted by Gasteiger charge is -2.36. The van der Waals surface area contributed by atoms with Crippen LogP contribution in [0, 0.1) is 0 Å². The van der Waals surface area contributed by atoms with Crippen molar-refractivity contribution >= 4 is 5.91 Å². The van der Waals surface area contributed by atoms with E-state index in [2.05, 4.69) is 0 Å². The Kier molecular flexibility index (Phi) is 3.49. The molecule has 1 saturated heterocycles. The number of hydrogen-bond donors (Lipinski definition) is 1. The lowest BCUT2D eigenvalue weighted by Crippen LogP contribution is -2.52. The third-order valence-corrected chi connectivity index (χ3v) is 2.02. The number of hydrogen-bond acceptors (Lipinski definition) is 3. The molecule has 0 atom stereocenters. The van der Waals surface area contributed by atoms with Crippen LogP contribution in [-0.2, 0) is 9.53 Å². The molecule has 0 unspecified atom stereocenters. The van der Waals surface area contributed by atoms with Crippen LogP contribution in [0.2, 0.25) is 0 Å². The van der Waals surface area contributed by atoms with Crippen LogP contribution >= 0.6 is 0 Å². The Morgan fingerprint density at radius 3 is 2.67 bits per heavy atom. The molecule has 1 amide bonds. The summed E-state index contributed by atoms with van der Waals surface area (Å²) in [5, 5.41) is 8.71. The lowest BCUT2D eigenvalue weighted by molar-refractivity contribution is -0.145. The molecule has 0 spiro atoms. The van der Waals surface area contributed by atoms with Gasteiger partial charge in [-0.2, -0.15) is 0 Å². The first-order valence-corrected chi connectivity index (χ1v) is 4.27. The summed E-state index contributed by atoms with van der Waals surface area (Å²) < 4.78 is 4.98. The van der Waals surface area contributed by atoms with Crippen LogP contribution in [0.5, 0.6) is 0 Å². The Labute approximate surface area is 72.1 Å². The van der Waals surface area contributed by atoms with Gasteiger partial charge in [0.25, 0.3) is 0 Å². The Morgan fingerprint density at radius 1 is 1.67 bits per heavy atom. The van der Waals surface area contributed by atoms with Crippen molar-refractivity contribution in [1.29, 1.82) is 0 Å². The van der Waals surface area contributed by atoms with Crippen LogP contribution in [0.15, 0.2) is 0 Å². The van der Waals surface area contributed by atoms with Gasteiger partial charge < -0.3 is 14.7 Å². The van der Waals surface area contributed by atoms with E-state index < -0.39 is 0 Å². The second-order valence-corrected chi connectivity index (χ2v) is 2.86. The number of carbonyl (C=O) groups excluding carboxylic acids is 1.